The molecule has 1 aliphatic carbocycles. The predicted octanol–water partition coefficient (Wildman–Crippen LogP) is 4.86. The molecule has 32 heavy (non-hydrogen) atoms. The topological polar surface area (TPSA) is 88.8 Å². The molecule has 1 aliphatic rings. The van der Waals surface area contributed by atoms with E-state index in [1.165, 1.54) is 22.2 Å². The Hall–Kier alpha value is -2.78. The fraction of sp³-hybridized carbons (Fsp3) is 0.348. The minimum Gasteiger partial charge on any atom is -0.309 e. The maximum atomic E-state index is 13.0. The van der Waals surface area contributed by atoms with Gasteiger partial charge in [0.1, 0.15) is 16.5 Å². The zero-order valence-electron chi connectivity index (χ0n) is 18.0. The van der Waals surface area contributed by atoms with E-state index in [9.17, 15) is 4.79 Å². The summed E-state index contributed by atoms with van der Waals surface area (Å²) >= 11 is 3.21. The molecule has 0 fully saturated rings. The Labute approximate surface area is 192 Å². The number of hydrogen-bond donors (Lipinski definition) is 1. The van der Waals surface area contributed by atoms with Crippen molar-refractivity contribution in [1.82, 2.24) is 29.5 Å². The van der Waals surface area contributed by atoms with Crippen molar-refractivity contribution in [3.05, 3.63) is 56.7 Å². The molecule has 2 atom stereocenters. The van der Waals surface area contributed by atoms with Crippen LogP contribution in [0.5, 0.6) is 0 Å². The smallest absolute Gasteiger partial charge is 0.259 e. The van der Waals surface area contributed by atoms with Gasteiger partial charge in [0.25, 0.3) is 5.56 Å². The minimum absolute atomic E-state index is 0.0299. The standard InChI is InChI=1S/C23H22N6OS2/c1-11-8-9-15-17(10-11)32-22-18(15)21(30)26-19(27-22)12(2)31-23-25-16-7-5-4-6-14(16)20-24-13(3)28-29(20)23/h4-7,11-12H,8-10H2,1-3H3,(H,26,27,30). The van der Waals surface area contributed by atoms with Crippen molar-refractivity contribution in [3.8, 4) is 0 Å². The summed E-state index contributed by atoms with van der Waals surface area (Å²) in [5.41, 5.74) is 2.84. The van der Waals surface area contributed by atoms with Crippen LogP contribution in [-0.4, -0.2) is 29.5 Å². The highest BCUT2D eigenvalue weighted by Crippen LogP contribution is 2.38. The number of fused-ring (bicyclic) bond motifs is 6. The number of hydrogen-bond acceptors (Lipinski definition) is 7. The Balaban J connectivity index is 1.42. The van der Waals surface area contributed by atoms with Gasteiger partial charge in [0.05, 0.1) is 16.2 Å². The number of benzene rings is 1. The van der Waals surface area contributed by atoms with Crippen LogP contribution in [0.1, 0.15) is 47.6 Å². The molecule has 5 aromatic rings. The summed E-state index contributed by atoms with van der Waals surface area (Å²) in [7, 11) is 0. The summed E-state index contributed by atoms with van der Waals surface area (Å²) in [5, 5.41) is 6.94. The van der Waals surface area contributed by atoms with E-state index >= 15 is 0 Å². The lowest BCUT2D eigenvalue weighted by atomic mass is 9.89. The highest BCUT2D eigenvalue weighted by molar-refractivity contribution is 7.99. The lowest BCUT2D eigenvalue weighted by Gasteiger charge is -2.17. The molecule has 162 valence electrons. The van der Waals surface area contributed by atoms with Crippen LogP contribution < -0.4 is 5.56 Å². The molecule has 7 nitrogen and oxygen atoms in total. The molecule has 4 heterocycles. The molecule has 2 unspecified atom stereocenters. The van der Waals surface area contributed by atoms with Gasteiger partial charge in [-0.3, -0.25) is 4.79 Å². The van der Waals surface area contributed by atoms with Crippen molar-refractivity contribution in [3.63, 3.8) is 0 Å². The molecule has 0 aliphatic heterocycles. The fourth-order valence-corrected chi connectivity index (χ4v) is 6.79. The van der Waals surface area contributed by atoms with Crippen LogP contribution in [0.4, 0.5) is 0 Å². The summed E-state index contributed by atoms with van der Waals surface area (Å²) in [6.07, 6.45) is 3.14. The van der Waals surface area contributed by atoms with Crippen LogP contribution in [0.25, 0.3) is 26.8 Å². The SMILES string of the molecule is Cc1nc2c3ccccc3nc(SC(C)c3nc4sc5c(c4c(=O)[nH]3)CCC(C)C5)n2n1. The first-order chi connectivity index (χ1) is 15.5. The molecule has 0 radical (unpaired) electrons. The molecule has 4 aromatic heterocycles. The molecular formula is C23H22N6OS2. The second-order valence-electron chi connectivity index (χ2n) is 8.55. The number of rotatable bonds is 3. The summed E-state index contributed by atoms with van der Waals surface area (Å²) in [5.74, 6) is 2.03. The van der Waals surface area contributed by atoms with Crippen molar-refractivity contribution in [1.29, 1.82) is 0 Å². The number of aromatic nitrogens is 6. The van der Waals surface area contributed by atoms with Gasteiger partial charge in [0, 0.05) is 10.3 Å². The van der Waals surface area contributed by atoms with E-state index in [2.05, 4.69) is 22.0 Å². The third kappa shape index (κ3) is 3.14. The summed E-state index contributed by atoms with van der Waals surface area (Å²) in [4.78, 5) is 32.6. The number of nitrogens with zero attached hydrogens (tertiary/aromatic N) is 5. The van der Waals surface area contributed by atoms with Crippen molar-refractivity contribution in [2.24, 2.45) is 5.92 Å². The van der Waals surface area contributed by atoms with Gasteiger partial charge in [0.15, 0.2) is 10.8 Å². The van der Waals surface area contributed by atoms with E-state index < -0.39 is 0 Å². The van der Waals surface area contributed by atoms with Crippen molar-refractivity contribution >= 4 is 49.9 Å². The van der Waals surface area contributed by atoms with Crippen molar-refractivity contribution < 1.29 is 0 Å². The van der Waals surface area contributed by atoms with Gasteiger partial charge in [-0.1, -0.05) is 30.8 Å². The van der Waals surface area contributed by atoms with Crippen LogP contribution in [0.3, 0.4) is 0 Å². The zero-order valence-corrected chi connectivity index (χ0v) is 19.7. The van der Waals surface area contributed by atoms with Gasteiger partial charge in [-0.2, -0.15) is 4.52 Å². The van der Waals surface area contributed by atoms with E-state index in [1.54, 1.807) is 15.9 Å². The fourth-order valence-electron chi connectivity index (χ4n) is 4.48. The molecule has 0 amide bonds. The third-order valence-corrected chi connectivity index (χ3v) is 8.31. The average Bonchev–Trinajstić information content (AvgIpc) is 3.33. The Morgan fingerprint density at radius 2 is 2.09 bits per heavy atom. The number of thioether (sulfide) groups is 1. The number of H-pyrrole nitrogens is 1. The lowest BCUT2D eigenvalue weighted by molar-refractivity contribution is 0.509. The number of aryl methyl sites for hydroxylation is 2. The van der Waals surface area contributed by atoms with Gasteiger partial charge in [-0.25, -0.2) is 15.0 Å². The summed E-state index contributed by atoms with van der Waals surface area (Å²) in [6.45, 7) is 6.20. The molecule has 6 rings (SSSR count). The Morgan fingerprint density at radius 3 is 2.97 bits per heavy atom. The number of thiophene rings is 1. The molecule has 0 saturated heterocycles. The second-order valence-corrected chi connectivity index (χ2v) is 10.9. The van der Waals surface area contributed by atoms with E-state index in [0.29, 0.717) is 17.6 Å². The average molecular weight is 463 g/mol. The molecule has 1 N–H and O–H groups in total. The zero-order chi connectivity index (χ0) is 22.0. The monoisotopic (exact) mass is 462 g/mol. The molecule has 1 aromatic carbocycles. The first-order valence-corrected chi connectivity index (χ1v) is 12.5. The number of para-hydroxylation sites is 1. The summed E-state index contributed by atoms with van der Waals surface area (Å²) < 4.78 is 1.79. The molecule has 0 bridgehead atoms. The van der Waals surface area contributed by atoms with Gasteiger partial charge in [0.2, 0.25) is 0 Å². The van der Waals surface area contributed by atoms with Gasteiger partial charge < -0.3 is 4.98 Å². The highest BCUT2D eigenvalue weighted by atomic mass is 32.2. The molecule has 0 spiro atoms. The Morgan fingerprint density at radius 1 is 1.25 bits per heavy atom. The largest absolute Gasteiger partial charge is 0.309 e. The normalized spacial score (nSPS) is 17.3. The number of nitrogens with one attached hydrogen (secondary N) is 1. The third-order valence-electron chi connectivity index (χ3n) is 6.11. The summed E-state index contributed by atoms with van der Waals surface area (Å²) in [6, 6.07) is 7.95. The van der Waals surface area contributed by atoms with E-state index in [4.69, 9.17) is 9.97 Å². The van der Waals surface area contributed by atoms with Crippen LogP contribution in [0, 0.1) is 12.8 Å². The van der Waals surface area contributed by atoms with E-state index in [-0.39, 0.29) is 10.8 Å². The van der Waals surface area contributed by atoms with Crippen molar-refractivity contribution in [2.75, 3.05) is 0 Å². The minimum atomic E-state index is -0.105. The highest BCUT2D eigenvalue weighted by Gasteiger charge is 2.24. The van der Waals surface area contributed by atoms with Gasteiger partial charge >= 0.3 is 0 Å². The molecule has 9 heteroatoms. The first-order valence-electron chi connectivity index (χ1n) is 10.8. The van der Waals surface area contributed by atoms with Crippen molar-refractivity contribution in [2.45, 2.75) is 50.4 Å². The second kappa shape index (κ2) is 7.38. The Kier molecular flexibility index (Phi) is 4.58. The predicted molar refractivity (Wildman–Crippen MR) is 129 cm³/mol. The van der Waals surface area contributed by atoms with E-state index in [0.717, 1.165) is 51.2 Å². The van der Waals surface area contributed by atoms with E-state index in [1.807, 2.05) is 38.1 Å². The van der Waals surface area contributed by atoms with Crippen LogP contribution in [0.15, 0.2) is 34.2 Å². The van der Waals surface area contributed by atoms with Crippen LogP contribution >= 0.6 is 23.1 Å². The first kappa shape index (κ1) is 19.9. The Bertz CT molecular complexity index is 1570. The quantitative estimate of drug-likeness (QED) is 0.304. The number of aromatic amines is 1. The maximum absolute atomic E-state index is 13.0. The van der Waals surface area contributed by atoms with Crippen LogP contribution in [0.2, 0.25) is 0 Å². The van der Waals surface area contributed by atoms with Crippen LogP contribution in [-0.2, 0) is 12.8 Å². The van der Waals surface area contributed by atoms with Gasteiger partial charge in [-0.05, 0) is 56.7 Å². The van der Waals surface area contributed by atoms with Gasteiger partial charge in [-0.15, -0.1) is 16.4 Å². The maximum Gasteiger partial charge on any atom is 0.259 e. The lowest BCUT2D eigenvalue weighted by Crippen LogP contribution is -2.15. The molecule has 0 saturated carbocycles. The molecular weight excluding hydrogens is 440 g/mol.